The van der Waals surface area contributed by atoms with Crippen LogP contribution in [-0.4, -0.2) is 22.2 Å². The number of benzene rings is 3. The summed E-state index contributed by atoms with van der Waals surface area (Å²) in [5, 5.41) is 12.9. The number of aryl methyl sites for hydroxylation is 1. The fraction of sp³-hybridized carbons (Fsp3) is 0.0870. The average molecular weight is 419 g/mol. The standard InChI is InChI=1S/C23H17NO5S/c1-13-16(11-20-21(25)24-23(28)30-20)6-7-17-10-18(8-9-19(13)17)29-12-14-2-4-15(5-3-14)22(26)27/h2-11H,12H2,1H3,(H,26,27)(H,24,25,28)/b20-11-. The lowest BCUT2D eigenvalue weighted by Crippen LogP contribution is -2.17. The summed E-state index contributed by atoms with van der Waals surface area (Å²) in [5.74, 6) is -0.627. The van der Waals surface area contributed by atoms with E-state index in [1.807, 2.05) is 37.3 Å². The molecule has 0 aliphatic carbocycles. The lowest BCUT2D eigenvalue weighted by Gasteiger charge is -2.10. The molecule has 1 heterocycles. The minimum Gasteiger partial charge on any atom is -0.489 e. The molecule has 1 saturated heterocycles. The number of hydrogen-bond acceptors (Lipinski definition) is 5. The first-order valence-corrected chi connectivity index (χ1v) is 9.95. The van der Waals surface area contributed by atoms with E-state index in [1.54, 1.807) is 30.3 Å². The Morgan fingerprint density at radius 1 is 1.10 bits per heavy atom. The summed E-state index contributed by atoms with van der Waals surface area (Å²) in [6.07, 6.45) is 1.73. The van der Waals surface area contributed by atoms with Crippen LogP contribution in [0.1, 0.15) is 27.0 Å². The zero-order valence-corrected chi connectivity index (χ0v) is 16.8. The number of rotatable bonds is 5. The highest BCUT2D eigenvalue weighted by Gasteiger charge is 2.25. The average Bonchev–Trinajstić information content (AvgIpc) is 3.05. The molecule has 0 aromatic heterocycles. The number of carboxylic acids is 1. The Morgan fingerprint density at radius 3 is 2.53 bits per heavy atom. The molecule has 0 unspecified atom stereocenters. The van der Waals surface area contributed by atoms with Crippen molar-refractivity contribution in [2.75, 3.05) is 0 Å². The number of aromatic carboxylic acids is 1. The highest BCUT2D eigenvalue weighted by Crippen LogP contribution is 2.30. The van der Waals surface area contributed by atoms with Gasteiger partial charge in [-0.05, 0) is 76.5 Å². The maximum Gasteiger partial charge on any atom is 0.335 e. The minimum absolute atomic E-state index is 0.239. The molecule has 0 spiro atoms. The molecule has 2 amide bonds. The fourth-order valence-electron chi connectivity index (χ4n) is 3.20. The summed E-state index contributed by atoms with van der Waals surface area (Å²) < 4.78 is 5.85. The molecule has 4 rings (SSSR count). The van der Waals surface area contributed by atoms with Crippen molar-refractivity contribution in [1.29, 1.82) is 0 Å². The number of carbonyl (C=O) groups excluding carboxylic acids is 2. The quantitative estimate of drug-likeness (QED) is 0.580. The summed E-state index contributed by atoms with van der Waals surface area (Å²) in [4.78, 5) is 34.4. The summed E-state index contributed by atoms with van der Waals surface area (Å²) >= 11 is 0.901. The van der Waals surface area contributed by atoms with Crippen molar-refractivity contribution in [3.8, 4) is 5.75 Å². The van der Waals surface area contributed by atoms with E-state index in [1.165, 1.54) is 0 Å². The Kier molecular flexibility index (Phi) is 5.29. The second-order valence-corrected chi connectivity index (χ2v) is 7.82. The predicted molar refractivity (Wildman–Crippen MR) is 116 cm³/mol. The van der Waals surface area contributed by atoms with Gasteiger partial charge in [0.1, 0.15) is 12.4 Å². The SMILES string of the molecule is Cc1c(/C=C2\SC(=O)NC2=O)ccc2cc(OCc3ccc(C(=O)O)cc3)ccc12. The van der Waals surface area contributed by atoms with E-state index in [-0.39, 0.29) is 16.7 Å². The van der Waals surface area contributed by atoms with Crippen LogP contribution in [0.3, 0.4) is 0 Å². The highest BCUT2D eigenvalue weighted by molar-refractivity contribution is 8.18. The summed E-state index contributed by atoms with van der Waals surface area (Å²) in [5.41, 5.74) is 2.99. The van der Waals surface area contributed by atoms with Crippen LogP contribution in [0.15, 0.2) is 59.5 Å². The number of thioether (sulfide) groups is 1. The summed E-state index contributed by atoms with van der Waals surface area (Å²) in [6, 6.07) is 16.2. The predicted octanol–water partition coefficient (Wildman–Crippen LogP) is 4.75. The van der Waals surface area contributed by atoms with Crippen LogP contribution >= 0.6 is 11.8 Å². The van der Waals surface area contributed by atoms with Crippen molar-refractivity contribution >= 4 is 45.7 Å². The topological polar surface area (TPSA) is 92.7 Å². The Morgan fingerprint density at radius 2 is 1.87 bits per heavy atom. The van der Waals surface area contributed by atoms with Crippen LogP contribution in [0, 0.1) is 6.92 Å². The Hall–Kier alpha value is -3.58. The molecule has 3 aromatic carbocycles. The zero-order chi connectivity index (χ0) is 21.3. The third-order valence-electron chi connectivity index (χ3n) is 4.84. The van der Waals surface area contributed by atoms with Crippen molar-refractivity contribution in [2.24, 2.45) is 0 Å². The van der Waals surface area contributed by atoms with Crippen LogP contribution in [0.4, 0.5) is 4.79 Å². The van der Waals surface area contributed by atoms with E-state index < -0.39 is 5.97 Å². The van der Waals surface area contributed by atoms with Gasteiger partial charge >= 0.3 is 5.97 Å². The number of carboxylic acid groups (broad SMARTS) is 1. The van der Waals surface area contributed by atoms with Gasteiger partial charge in [-0.2, -0.15) is 0 Å². The molecule has 7 heteroatoms. The highest BCUT2D eigenvalue weighted by atomic mass is 32.2. The second-order valence-electron chi connectivity index (χ2n) is 6.81. The third-order valence-corrected chi connectivity index (χ3v) is 5.65. The number of hydrogen-bond donors (Lipinski definition) is 2. The number of nitrogens with one attached hydrogen (secondary N) is 1. The molecule has 1 aliphatic rings. The molecule has 0 atom stereocenters. The van der Waals surface area contributed by atoms with Crippen molar-refractivity contribution in [3.63, 3.8) is 0 Å². The molecule has 6 nitrogen and oxygen atoms in total. The Bertz CT molecular complexity index is 1210. The Balaban J connectivity index is 1.53. The van der Waals surface area contributed by atoms with E-state index >= 15 is 0 Å². The van der Waals surface area contributed by atoms with Gasteiger partial charge in [-0.25, -0.2) is 4.79 Å². The van der Waals surface area contributed by atoms with E-state index in [2.05, 4.69) is 5.32 Å². The van der Waals surface area contributed by atoms with Crippen molar-refractivity contribution in [1.82, 2.24) is 5.32 Å². The van der Waals surface area contributed by atoms with Crippen LogP contribution in [0.2, 0.25) is 0 Å². The van der Waals surface area contributed by atoms with Crippen molar-refractivity contribution < 1.29 is 24.2 Å². The maximum absolute atomic E-state index is 11.8. The van der Waals surface area contributed by atoms with E-state index in [4.69, 9.17) is 9.84 Å². The number of ether oxygens (including phenoxy) is 1. The van der Waals surface area contributed by atoms with Gasteiger partial charge in [0.15, 0.2) is 0 Å². The largest absolute Gasteiger partial charge is 0.489 e. The smallest absolute Gasteiger partial charge is 0.335 e. The summed E-state index contributed by atoms with van der Waals surface area (Å²) in [7, 11) is 0. The number of imide groups is 1. The molecule has 0 bridgehead atoms. The number of carbonyl (C=O) groups is 3. The molecule has 1 fully saturated rings. The van der Waals surface area contributed by atoms with Gasteiger partial charge in [-0.3, -0.25) is 14.9 Å². The van der Waals surface area contributed by atoms with Gasteiger partial charge in [0, 0.05) is 0 Å². The van der Waals surface area contributed by atoms with Crippen LogP contribution in [-0.2, 0) is 11.4 Å². The lowest BCUT2D eigenvalue weighted by atomic mass is 9.99. The van der Waals surface area contributed by atoms with Crippen molar-refractivity contribution in [3.05, 3.63) is 81.8 Å². The maximum atomic E-state index is 11.8. The minimum atomic E-state index is -0.957. The van der Waals surface area contributed by atoms with Gasteiger partial charge in [0.05, 0.1) is 10.5 Å². The lowest BCUT2D eigenvalue weighted by molar-refractivity contribution is -0.115. The Labute approximate surface area is 176 Å². The zero-order valence-electron chi connectivity index (χ0n) is 16.0. The van der Waals surface area contributed by atoms with Gasteiger partial charge in [0.25, 0.3) is 11.1 Å². The van der Waals surface area contributed by atoms with Crippen molar-refractivity contribution in [2.45, 2.75) is 13.5 Å². The summed E-state index contributed by atoms with van der Waals surface area (Å²) in [6.45, 7) is 2.30. The molecule has 0 radical (unpaired) electrons. The van der Waals surface area contributed by atoms with Crippen LogP contribution in [0.25, 0.3) is 16.8 Å². The van der Waals surface area contributed by atoms with E-state index in [9.17, 15) is 14.4 Å². The van der Waals surface area contributed by atoms with Gasteiger partial charge in [0.2, 0.25) is 0 Å². The van der Waals surface area contributed by atoms with Gasteiger partial charge in [-0.1, -0.05) is 30.3 Å². The second kappa shape index (κ2) is 8.04. The normalized spacial score (nSPS) is 14.9. The molecular weight excluding hydrogens is 402 g/mol. The molecule has 150 valence electrons. The van der Waals surface area contributed by atoms with Crippen LogP contribution in [0.5, 0.6) is 5.75 Å². The molecule has 0 saturated carbocycles. The van der Waals surface area contributed by atoms with E-state index in [0.29, 0.717) is 17.3 Å². The van der Waals surface area contributed by atoms with Gasteiger partial charge < -0.3 is 9.84 Å². The number of fused-ring (bicyclic) bond motifs is 1. The molecule has 3 aromatic rings. The first-order valence-electron chi connectivity index (χ1n) is 9.14. The first-order chi connectivity index (χ1) is 14.4. The van der Waals surface area contributed by atoms with E-state index in [0.717, 1.165) is 39.2 Å². The molecular formula is C23H17NO5S. The molecule has 2 N–H and O–H groups in total. The third kappa shape index (κ3) is 4.06. The number of amides is 2. The first kappa shape index (κ1) is 19.7. The van der Waals surface area contributed by atoms with Crippen LogP contribution < -0.4 is 10.1 Å². The fourth-order valence-corrected chi connectivity index (χ4v) is 3.87. The van der Waals surface area contributed by atoms with Gasteiger partial charge in [-0.15, -0.1) is 0 Å². The molecule has 1 aliphatic heterocycles. The molecule has 30 heavy (non-hydrogen) atoms. The monoisotopic (exact) mass is 419 g/mol.